The Hall–Kier alpha value is -3.75. The van der Waals surface area contributed by atoms with Crippen LogP contribution in [0.1, 0.15) is 28.8 Å². The predicted molar refractivity (Wildman–Crippen MR) is 96.4 cm³/mol. The van der Waals surface area contributed by atoms with Crippen molar-refractivity contribution in [2.75, 3.05) is 13.7 Å². The molecule has 2 N–H and O–H groups in total. The number of nitrogens with one attached hydrogen (secondary N) is 1. The first kappa shape index (κ1) is 19.0. The fraction of sp³-hybridized carbons (Fsp3) is 0.211. The van der Waals surface area contributed by atoms with Crippen molar-refractivity contribution in [1.29, 1.82) is 0 Å². The van der Waals surface area contributed by atoms with Gasteiger partial charge >= 0.3 is 12.0 Å². The molecule has 3 amide bonds. The number of carbonyl (C=O) groups excluding carboxylic acids is 3. The van der Waals surface area contributed by atoms with E-state index in [4.69, 9.17) is 9.15 Å². The van der Waals surface area contributed by atoms with E-state index in [1.165, 1.54) is 31.4 Å². The lowest BCUT2D eigenvalue weighted by Gasteiger charge is -2.09. The van der Waals surface area contributed by atoms with E-state index in [9.17, 15) is 19.5 Å². The summed E-state index contributed by atoms with van der Waals surface area (Å²) in [5.74, 6) is -0.710. The minimum atomic E-state index is -0.651. The van der Waals surface area contributed by atoms with Crippen molar-refractivity contribution >= 4 is 24.0 Å². The molecule has 9 nitrogen and oxygen atoms in total. The molecule has 0 radical (unpaired) electrons. The Balaban J connectivity index is 1.78. The molecule has 1 aliphatic rings. The van der Waals surface area contributed by atoms with E-state index in [0.29, 0.717) is 12.2 Å². The highest BCUT2D eigenvalue weighted by Gasteiger charge is 2.34. The second kappa shape index (κ2) is 7.87. The van der Waals surface area contributed by atoms with Crippen LogP contribution in [0.15, 0.2) is 40.4 Å². The van der Waals surface area contributed by atoms with Gasteiger partial charge in [0.25, 0.3) is 5.91 Å². The molecular formula is C19H18N2O7. The number of esters is 1. The summed E-state index contributed by atoms with van der Waals surface area (Å²) in [5, 5.41) is 12.2. The van der Waals surface area contributed by atoms with Crippen LogP contribution < -0.4 is 10.1 Å². The molecule has 1 aliphatic heterocycles. The van der Waals surface area contributed by atoms with Gasteiger partial charge in [0.15, 0.2) is 11.5 Å². The summed E-state index contributed by atoms with van der Waals surface area (Å²) in [7, 11) is 1.22. The van der Waals surface area contributed by atoms with Gasteiger partial charge in [-0.1, -0.05) is 6.07 Å². The molecule has 1 aromatic heterocycles. The zero-order chi connectivity index (χ0) is 20.3. The molecule has 0 spiro atoms. The Bertz CT molecular complexity index is 961. The van der Waals surface area contributed by atoms with E-state index >= 15 is 0 Å². The number of nitrogens with zero attached hydrogens (tertiary/aromatic N) is 1. The number of methoxy groups -OCH3 is 1. The van der Waals surface area contributed by atoms with Crippen LogP contribution >= 0.6 is 0 Å². The number of amides is 3. The molecule has 2 heterocycles. The van der Waals surface area contributed by atoms with Gasteiger partial charge in [-0.15, -0.1) is 0 Å². The monoisotopic (exact) mass is 386 g/mol. The fourth-order valence-corrected chi connectivity index (χ4v) is 2.60. The molecule has 1 saturated heterocycles. The number of phenols is 1. The Morgan fingerprint density at radius 3 is 2.79 bits per heavy atom. The van der Waals surface area contributed by atoms with Crippen LogP contribution in [0, 0.1) is 0 Å². The van der Waals surface area contributed by atoms with Crippen LogP contribution in [0.25, 0.3) is 6.08 Å². The van der Waals surface area contributed by atoms with Crippen LogP contribution in [0.4, 0.5) is 4.79 Å². The number of ether oxygens (including phenoxy) is 2. The summed E-state index contributed by atoms with van der Waals surface area (Å²) < 4.78 is 15.2. The van der Waals surface area contributed by atoms with Crippen molar-refractivity contribution in [3.8, 4) is 11.5 Å². The number of aromatic hydroxyl groups is 1. The summed E-state index contributed by atoms with van der Waals surface area (Å²) in [5.41, 5.74) is 0.635. The SMILES string of the molecule is CCOc1cc(C=C2NC(=O)N(Cc3ccc(C(=O)OC)o3)C2=O)ccc1O. The summed E-state index contributed by atoms with van der Waals surface area (Å²) in [4.78, 5) is 37.1. The van der Waals surface area contributed by atoms with E-state index in [0.717, 1.165) is 4.90 Å². The van der Waals surface area contributed by atoms with Gasteiger partial charge in [-0.25, -0.2) is 9.59 Å². The number of rotatable bonds is 6. The van der Waals surface area contributed by atoms with E-state index in [1.54, 1.807) is 19.1 Å². The van der Waals surface area contributed by atoms with E-state index < -0.39 is 17.9 Å². The number of carbonyl (C=O) groups is 3. The number of urea groups is 1. The molecule has 9 heteroatoms. The van der Waals surface area contributed by atoms with Crippen molar-refractivity contribution in [2.24, 2.45) is 0 Å². The van der Waals surface area contributed by atoms with Crippen molar-refractivity contribution < 1.29 is 33.4 Å². The highest BCUT2D eigenvalue weighted by atomic mass is 16.5. The van der Waals surface area contributed by atoms with E-state index in [1.807, 2.05) is 0 Å². The first-order valence-electron chi connectivity index (χ1n) is 8.40. The molecule has 0 unspecified atom stereocenters. The molecule has 28 heavy (non-hydrogen) atoms. The maximum Gasteiger partial charge on any atom is 0.373 e. The van der Waals surface area contributed by atoms with Crippen molar-refractivity contribution in [3.63, 3.8) is 0 Å². The molecule has 0 atom stereocenters. The number of phenolic OH excluding ortho intramolecular Hbond substituents is 1. The Kier molecular flexibility index (Phi) is 5.35. The number of imide groups is 1. The number of hydrogen-bond donors (Lipinski definition) is 2. The lowest BCUT2D eigenvalue weighted by Crippen LogP contribution is -2.30. The van der Waals surface area contributed by atoms with Gasteiger partial charge in [0, 0.05) is 0 Å². The summed E-state index contributed by atoms with van der Waals surface area (Å²) in [6.45, 7) is 2.01. The second-order valence-electron chi connectivity index (χ2n) is 5.80. The van der Waals surface area contributed by atoms with Gasteiger partial charge in [-0.2, -0.15) is 0 Å². The van der Waals surface area contributed by atoms with Crippen LogP contribution in [-0.2, 0) is 16.1 Å². The lowest BCUT2D eigenvalue weighted by atomic mass is 10.1. The third kappa shape index (κ3) is 3.83. The third-order valence-corrected chi connectivity index (χ3v) is 3.92. The van der Waals surface area contributed by atoms with Gasteiger partial charge in [-0.3, -0.25) is 9.69 Å². The summed E-state index contributed by atoms with van der Waals surface area (Å²) in [6, 6.07) is 6.86. The minimum absolute atomic E-state index is 0.0205. The average molecular weight is 386 g/mol. The second-order valence-corrected chi connectivity index (χ2v) is 5.80. The Labute approximate surface area is 160 Å². The van der Waals surface area contributed by atoms with Gasteiger partial charge in [0.05, 0.1) is 20.3 Å². The Morgan fingerprint density at radius 2 is 2.07 bits per heavy atom. The number of hydrogen-bond acceptors (Lipinski definition) is 7. The predicted octanol–water partition coefficient (Wildman–Crippen LogP) is 2.26. The highest BCUT2D eigenvalue weighted by molar-refractivity contribution is 6.13. The standard InChI is InChI=1S/C19H18N2O7/c1-3-27-16-9-11(4-6-14(16)22)8-13-17(23)21(19(25)20-13)10-12-5-7-15(28-12)18(24)26-2/h4-9,22H,3,10H2,1-2H3,(H,20,25). The topological polar surface area (TPSA) is 118 Å². The fourth-order valence-electron chi connectivity index (χ4n) is 2.60. The first-order valence-corrected chi connectivity index (χ1v) is 8.40. The first-order chi connectivity index (χ1) is 13.4. The molecule has 3 rings (SSSR count). The Morgan fingerprint density at radius 1 is 1.29 bits per heavy atom. The van der Waals surface area contributed by atoms with Gasteiger partial charge < -0.3 is 24.3 Å². The molecular weight excluding hydrogens is 368 g/mol. The largest absolute Gasteiger partial charge is 0.504 e. The quantitative estimate of drug-likeness (QED) is 0.444. The van der Waals surface area contributed by atoms with Crippen molar-refractivity contribution in [1.82, 2.24) is 10.2 Å². The maximum atomic E-state index is 12.6. The van der Waals surface area contributed by atoms with Gasteiger partial charge in [0.1, 0.15) is 11.5 Å². The van der Waals surface area contributed by atoms with Gasteiger partial charge in [0.2, 0.25) is 5.76 Å². The third-order valence-electron chi connectivity index (χ3n) is 3.92. The van der Waals surface area contributed by atoms with E-state index in [-0.39, 0.29) is 35.3 Å². The van der Waals surface area contributed by atoms with Crippen LogP contribution in [-0.4, -0.2) is 41.6 Å². The van der Waals surface area contributed by atoms with E-state index in [2.05, 4.69) is 10.1 Å². The maximum absolute atomic E-state index is 12.6. The summed E-state index contributed by atoms with van der Waals surface area (Å²) in [6.07, 6.45) is 1.48. The lowest BCUT2D eigenvalue weighted by molar-refractivity contribution is -0.123. The molecule has 2 aromatic rings. The zero-order valence-corrected chi connectivity index (χ0v) is 15.2. The molecule has 1 fully saturated rings. The molecule has 1 aromatic carbocycles. The van der Waals surface area contributed by atoms with Crippen LogP contribution in [0.3, 0.4) is 0 Å². The molecule has 0 bridgehead atoms. The van der Waals surface area contributed by atoms with Crippen LogP contribution in [0.2, 0.25) is 0 Å². The average Bonchev–Trinajstić information content (AvgIpc) is 3.25. The molecule has 0 aliphatic carbocycles. The number of furan rings is 1. The van der Waals surface area contributed by atoms with Crippen LogP contribution in [0.5, 0.6) is 11.5 Å². The minimum Gasteiger partial charge on any atom is -0.504 e. The smallest absolute Gasteiger partial charge is 0.373 e. The normalized spacial score (nSPS) is 15.1. The number of benzene rings is 1. The summed E-state index contributed by atoms with van der Waals surface area (Å²) >= 11 is 0. The van der Waals surface area contributed by atoms with Crippen molar-refractivity contribution in [2.45, 2.75) is 13.5 Å². The van der Waals surface area contributed by atoms with Crippen molar-refractivity contribution in [3.05, 3.63) is 53.1 Å². The zero-order valence-electron chi connectivity index (χ0n) is 15.2. The molecule has 146 valence electrons. The van der Waals surface area contributed by atoms with Gasteiger partial charge in [-0.05, 0) is 42.8 Å². The highest BCUT2D eigenvalue weighted by Crippen LogP contribution is 2.28. The molecule has 0 saturated carbocycles.